The van der Waals surface area contributed by atoms with Gasteiger partial charge in [0.1, 0.15) is 0 Å². The Morgan fingerprint density at radius 3 is 2.62 bits per heavy atom. The summed E-state index contributed by atoms with van der Waals surface area (Å²) in [6, 6.07) is 1.19. The number of rotatable bonds is 1. The molecule has 0 bridgehead atoms. The number of morpholine rings is 1. The average Bonchev–Trinajstić information content (AvgIpc) is 2.19. The molecule has 0 aromatic rings. The summed E-state index contributed by atoms with van der Waals surface area (Å²) in [7, 11) is 0. The Labute approximate surface area is 80.2 Å². The molecule has 1 aliphatic heterocycles. The van der Waals surface area contributed by atoms with E-state index < -0.39 is 0 Å². The summed E-state index contributed by atoms with van der Waals surface area (Å²) in [5.74, 6) is 0. The second-order valence-electron chi connectivity index (χ2n) is 4.23. The van der Waals surface area contributed by atoms with E-state index in [-0.39, 0.29) is 0 Å². The van der Waals surface area contributed by atoms with Crippen LogP contribution in [-0.4, -0.2) is 43.3 Å². The normalized spacial score (nSPS) is 37.6. The Morgan fingerprint density at radius 1 is 1.15 bits per heavy atom. The van der Waals surface area contributed by atoms with Crippen molar-refractivity contribution >= 4 is 0 Å². The van der Waals surface area contributed by atoms with Crippen LogP contribution in [0.4, 0.5) is 0 Å². The molecule has 0 radical (unpaired) electrons. The molecule has 1 heterocycles. The number of hydrogen-bond donors (Lipinski definition) is 1. The first-order valence-electron chi connectivity index (χ1n) is 5.43. The molecule has 0 amide bonds. The van der Waals surface area contributed by atoms with Crippen molar-refractivity contribution in [1.29, 1.82) is 0 Å². The molecule has 2 rings (SSSR count). The molecule has 3 heteroatoms. The van der Waals surface area contributed by atoms with Crippen molar-refractivity contribution in [3.05, 3.63) is 0 Å². The van der Waals surface area contributed by atoms with Gasteiger partial charge in [0.15, 0.2) is 0 Å². The highest BCUT2D eigenvalue weighted by molar-refractivity contribution is 4.82. The molecule has 2 aliphatic rings. The van der Waals surface area contributed by atoms with E-state index in [2.05, 4.69) is 4.90 Å². The Hall–Kier alpha value is -0.120. The van der Waals surface area contributed by atoms with E-state index in [1.165, 1.54) is 25.7 Å². The van der Waals surface area contributed by atoms with Crippen LogP contribution in [0.15, 0.2) is 0 Å². The average molecular weight is 184 g/mol. The van der Waals surface area contributed by atoms with Gasteiger partial charge >= 0.3 is 0 Å². The van der Waals surface area contributed by atoms with Crippen LogP contribution in [0.5, 0.6) is 0 Å². The summed E-state index contributed by atoms with van der Waals surface area (Å²) in [5.41, 5.74) is 5.97. The van der Waals surface area contributed by atoms with E-state index >= 15 is 0 Å². The number of nitrogens with two attached hydrogens (primary N) is 1. The van der Waals surface area contributed by atoms with E-state index in [0.29, 0.717) is 6.04 Å². The summed E-state index contributed by atoms with van der Waals surface area (Å²) < 4.78 is 5.34. The lowest BCUT2D eigenvalue weighted by Gasteiger charge is -2.38. The maximum absolute atomic E-state index is 5.97. The van der Waals surface area contributed by atoms with Crippen molar-refractivity contribution in [2.75, 3.05) is 26.3 Å². The molecule has 0 aromatic carbocycles. The van der Waals surface area contributed by atoms with E-state index in [1.54, 1.807) is 0 Å². The van der Waals surface area contributed by atoms with Gasteiger partial charge in [-0.2, -0.15) is 0 Å². The van der Waals surface area contributed by atoms with Crippen LogP contribution < -0.4 is 5.73 Å². The first kappa shape index (κ1) is 9.44. The standard InChI is InChI=1S/C10H20N2O/c11-9-2-1-3-10(8-9)12-4-6-13-7-5-12/h9-10H,1-8,11H2. The van der Waals surface area contributed by atoms with Crippen molar-refractivity contribution in [2.45, 2.75) is 37.8 Å². The molecule has 0 aromatic heterocycles. The number of ether oxygens (including phenoxy) is 1. The monoisotopic (exact) mass is 184 g/mol. The highest BCUT2D eigenvalue weighted by Crippen LogP contribution is 2.22. The van der Waals surface area contributed by atoms with Crippen molar-refractivity contribution in [2.24, 2.45) is 5.73 Å². The fourth-order valence-corrected chi connectivity index (χ4v) is 2.48. The molecular weight excluding hydrogens is 164 g/mol. The van der Waals surface area contributed by atoms with Crippen molar-refractivity contribution in [3.63, 3.8) is 0 Å². The molecule has 1 aliphatic carbocycles. The zero-order valence-electron chi connectivity index (χ0n) is 8.24. The van der Waals surface area contributed by atoms with Crippen molar-refractivity contribution < 1.29 is 4.74 Å². The molecule has 1 saturated carbocycles. The van der Waals surface area contributed by atoms with Gasteiger partial charge in [-0.25, -0.2) is 0 Å². The van der Waals surface area contributed by atoms with Crippen LogP contribution in [0, 0.1) is 0 Å². The molecule has 1 saturated heterocycles. The van der Waals surface area contributed by atoms with Crippen LogP contribution in [0.2, 0.25) is 0 Å². The maximum atomic E-state index is 5.97. The Morgan fingerprint density at radius 2 is 1.92 bits per heavy atom. The summed E-state index contributed by atoms with van der Waals surface area (Å²) in [4.78, 5) is 2.56. The van der Waals surface area contributed by atoms with Gasteiger partial charge in [0.05, 0.1) is 13.2 Å². The third kappa shape index (κ3) is 2.42. The van der Waals surface area contributed by atoms with Crippen molar-refractivity contribution in [3.8, 4) is 0 Å². The molecule has 2 N–H and O–H groups in total. The highest BCUT2D eigenvalue weighted by Gasteiger charge is 2.25. The Balaban J connectivity index is 1.83. The smallest absolute Gasteiger partial charge is 0.0594 e. The molecule has 2 unspecified atom stereocenters. The van der Waals surface area contributed by atoms with Crippen LogP contribution in [0.25, 0.3) is 0 Å². The molecule has 2 atom stereocenters. The van der Waals surface area contributed by atoms with Crippen LogP contribution in [0.1, 0.15) is 25.7 Å². The predicted octanol–water partition coefficient (Wildman–Crippen LogP) is 0.588. The minimum Gasteiger partial charge on any atom is -0.379 e. The summed E-state index contributed by atoms with van der Waals surface area (Å²) >= 11 is 0. The number of hydrogen-bond acceptors (Lipinski definition) is 3. The van der Waals surface area contributed by atoms with E-state index in [4.69, 9.17) is 10.5 Å². The van der Waals surface area contributed by atoms with E-state index in [0.717, 1.165) is 32.3 Å². The Bertz CT molecular complexity index is 157. The molecular formula is C10H20N2O. The largest absolute Gasteiger partial charge is 0.379 e. The SMILES string of the molecule is NC1CCCC(N2CCOCC2)C1. The van der Waals surface area contributed by atoms with Crippen LogP contribution in [0.3, 0.4) is 0 Å². The fourth-order valence-electron chi connectivity index (χ4n) is 2.48. The summed E-state index contributed by atoms with van der Waals surface area (Å²) in [5, 5.41) is 0. The summed E-state index contributed by atoms with van der Waals surface area (Å²) in [6.45, 7) is 4.03. The third-order valence-corrected chi connectivity index (χ3v) is 3.25. The van der Waals surface area contributed by atoms with Crippen molar-refractivity contribution in [1.82, 2.24) is 4.90 Å². The van der Waals surface area contributed by atoms with Crippen LogP contribution >= 0.6 is 0 Å². The van der Waals surface area contributed by atoms with Gasteiger partial charge in [0.2, 0.25) is 0 Å². The van der Waals surface area contributed by atoms with Gasteiger partial charge < -0.3 is 10.5 Å². The molecule has 3 nitrogen and oxygen atoms in total. The van der Waals surface area contributed by atoms with Crippen LogP contribution in [-0.2, 0) is 4.74 Å². The predicted molar refractivity (Wildman–Crippen MR) is 52.6 cm³/mol. The van der Waals surface area contributed by atoms with E-state index in [9.17, 15) is 0 Å². The second-order valence-corrected chi connectivity index (χ2v) is 4.23. The topological polar surface area (TPSA) is 38.5 Å². The first-order valence-corrected chi connectivity index (χ1v) is 5.43. The lowest BCUT2D eigenvalue weighted by atomic mass is 9.90. The van der Waals surface area contributed by atoms with Gasteiger partial charge in [-0.15, -0.1) is 0 Å². The first-order chi connectivity index (χ1) is 6.36. The molecule has 0 spiro atoms. The maximum Gasteiger partial charge on any atom is 0.0594 e. The molecule has 76 valence electrons. The highest BCUT2D eigenvalue weighted by atomic mass is 16.5. The minimum absolute atomic E-state index is 0.446. The summed E-state index contributed by atoms with van der Waals surface area (Å²) in [6.07, 6.45) is 5.07. The van der Waals surface area contributed by atoms with Gasteiger partial charge in [-0.05, 0) is 19.3 Å². The zero-order chi connectivity index (χ0) is 9.10. The van der Waals surface area contributed by atoms with Gasteiger partial charge in [-0.3, -0.25) is 4.90 Å². The lowest BCUT2D eigenvalue weighted by molar-refractivity contribution is 0.00686. The quantitative estimate of drug-likeness (QED) is 0.648. The van der Waals surface area contributed by atoms with Gasteiger partial charge in [0, 0.05) is 25.2 Å². The Kier molecular flexibility index (Phi) is 3.19. The fraction of sp³-hybridized carbons (Fsp3) is 1.00. The minimum atomic E-state index is 0.446. The van der Waals surface area contributed by atoms with Gasteiger partial charge in [0.25, 0.3) is 0 Å². The van der Waals surface area contributed by atoms with Gasteiger partial charge in [-0.1, -0.05) is 6.42 Å². The molecule has 13 heavy (non-hydrogen) atoms. The molecule has 2 fully saturated rings. The van der Waals surface area contributed by atoms with E-state index in [1.807, 2.05) is 0 Å². The number of nitrogens with zero attached hydrogens (tertiary/aromatic N) is 1. The zero-order valence-corrected chi connectivity index (χ0v) is 8.24. The second kappa shape index (κ2) is 4.40. The lowest BCUT2D eigenvalue weighted by Crippen LogP contribution is -2.47. The third-order valence-electron chi connectivity index (χ3n) is 3.25.